The molecule has 0 aliphatic carbocycles. The molecule has 0 N–H and O–H groups in total. The molecule has 0 aliphatic rings. The first-order chi connectivity index (χ1) is 23.3. The van der Waals surface area contributed by atoms with E-state index in [0.717, 1.165) is 0 Å². The van der Waals surface area contributed by atoms with Crippen LogP contribution in [0.5, 0.6) is 0 Å². The molecule has 0 spiro atoms. The van der Waals surface area contributed by atoms with Gasteiger partial charge in [-0.2, -0.15) is 0 Å². The predicted molar refractivity (Wildman–Crippen MR) is 233 cm³/mol. The average molecular weight is 847 g/mol. The smallest absolute Gasteiger partial charge is 0.0623 e. The SMILES string of the molecule is [CH3-].[CH3-].[CH3-].[Cl][Al+][Cl].[Ru+2].c1ccc(P(c2ccccc2)c2ccccc2)cc1.c1ccc(P(c2ccccc2)c2ccccc2)cc1.c1ccccc1. The van der Waals surface area contributed by atoms with Crippen molar-refractivity contribution in [2.75, 3.05) is 0 Å². The summed E-state index contributed by atoms with van der Waals surface area (Å²) in [5.74, 6) is 0. The fraction of sp³-hybridized carbons (Fsp3) is 0. The van der Waals surface area contributed by atoms with Crippen LogP contribution < -0.4 is 31.8 Å². The Labute approximate surface area is 338 Å². The third kappa shape index (κ3) is 17.0. The van der Waals surface area contributed by atoms with E-state index in [2.05, 4.69) is 182 Å². The summed E-state index contributed by atoms with van der Waals surface area (Å²) in [6, 6.07) is 76.7. The van der Waals surface area contributed by atoms with Gasteiger partial charge in [0.15, 0.2) is 0 Å². The zero-order valence-corrected chi connectivity index (χ0v) is 35.6. The summed E-state index contributed by atoms with van der Waals surface area (Å²) < 4.78 is 0. The van der Waals surface area contributed by atoms with E-state index in [1.165, 1.54) is 31.8 Å². The van der Waals surface area contributed by atoms with E-state index in [9.17, 15) is 0 Å². The van der Waals surface area contributed by atoms with Crippen LogP contribution in [0, 0.1) is 22.3 Å². The van der Waals surface area contributed by atoms with Crippen LogP contribution in [-0.4, -0.2) is 13.4 Å². The maximum absolute atomic E-state index is 4.85. The molecule has 0 unspecified atom stereocenters. The van der Waals surface area contributed by atoms with E-state index in [0.29, 0.717) is 0 Å². The van der Waals surface area contributed by atoms with Gasteiger partial charge in [0, 0.05) is 0 Å². The van der Waals surface area contributed by atoms with Crippen molar-refractivity contribution >= 4 is 81.1 Å². The zero-order chi connectivity index (χ0) is 32.8. The molecule has 0 bridgehead atoms. The largest absolute Gasteiger partial charge is 2.00 e. The second kappa shape index (κ2) is 29.7. The summed E-state index contributed by atoms with van der Waals surface area (Å²) in [7, 11) is 8.80. The maximum atomic E-state index is 4.85. The van der Waals surface area contributed by atoms with E-state index >= 15 is 0 Å². The Morgan fingerprint density at radius 3 is 0.471 bits per heavy atom. The van der Waals surface area contributed by atoms with E-state index < -0.39 is 15.8 Å². The normalized spacial score (nSPS) is 9.02. The van der Waals surface area contributed by atoms with E-state index in [4.69, 9.17) is 20.1 Å². The van der Waals surface area contributed by atoms with E-state index in [1.807, 2.05) is 36.4 Å². The molecule has 7 rings (SSSR count). The van der Waals surface area contributed by atoms with Crippen molar-refractivity contribution in [3.63, 3.8) is 0 Å². The first kappa shape index (κ1) is 48.1. The van der Waals surface area contributed by atoms with E-state index in [-0.39, 0.29) is 55.1 Å². The second-order valence-corrected chi connectivity index (χ2v) is 16.5. The fourth-order valence-corrected chi connectivity index (χ4v) is 9.35. The summed E-state index contributed by atoms with van der Waals surface area (Å²) in [5, 5.41) is 8.39. The van der Waals surface area contributed by atoms with Crippen molar-refractivity contribution in [1.29, 1.82) is 0 Å². The molecule has 0 fully saturated rings. The Hall–Kier alpha value is -2.86. The van der Waals surface area contributed by atoms with Gasteiger partial charge in [0.05, 0.1) is 0 Å². The molecular formula is C45H45AlCl2P2Ru. The van der Waals surface area contributed by atoms with Crippen LogP contribution in [0.3, 0.4) is 0 Å². The van der Waals surface area contributed by atoms with Crippen LogP contribution in [0.4, 0.5) is 0 Å². The summed E-state index contributed by atoms with van der Waals surface area (Å²) in [5.41, 5.74) is 0. The van der Waals surface area contributed by atoms with Crippen LogP contribution >= 0.6 is 35.9 Å². The first-order valence-corrected chi connectivity index (χ1v) is 21.4. The summed E-state index contributed by atoms with van der Waals surface area (Å²) in [6.07, 6.45) is 0. The number of hydrogen-bond acceptors (Lipinski definition) is 0. The standard InChI is InChI=1S/2C18H15P.C6H6.3CH3.Al.2ClH.Ru/c2*1-4-10-16(11-5-1)19(17-12-6-2-7-13-17)18-14-8-3-9-15-18;1-2-4-6-5-3-1;;;;;;;/h2*1-15H;1-6H;3*1H3;;2*1H;/q;;;3*-1;+3;;;+2/p-2. The van der Waals surface area contributed by atoms with Crippen LogP contribution in [0.1, 0.15) is 0 Å². The summed E-state index contributed by atoms with van der Waals surface area (Å²) >= 11 is -0.306. The summed E-state index contributed by atoms with van der Waals surface area (Å²) in [4.78, 5) is 0. The quantitative estimate of drug-likeness (QED) is 0.0889. The molecular weight excluding hydrogens is 801 g/mol. The number of benzene rings is 7. The molecule has 0 saturated heterocycles. The van der Waals surface area contributed by atoms with Gasteiger partial charge in [-0.3, -0.25) is 0 Å². The van der Waals surface area contributed by atoms with Crippen LogP contribution in [0.15, 0.2) is 218 Å². The van der Waals surface area contributed by atoms with Crippen molar-refractivity contribution in [3.05, 3.63) is 241 Å². The molecule has 0 aromatic heterocycles. The molecule has 0 saturated carbocycles. The molecule has 0 aliphatic heterocycles. The van der Waals surface area contributed by atoms with Crippen molar-refractivity contribution in [3.8, 4) is 0 Å². The van der Waals surface area contributed by atoms with Crippen LogP contribution in [0.25, 0.3) is 0 Å². The molecule has 7 aromatic rings. The average Bonchev–Trinajstić information content (AvgIpc) is 3.16. The minimum atomic E-state index is -0.446. The second-order valence-electron chi connectivity index (χ2n) is 9.92. The van der Waals surface area contributed by atoms with Gasteiger partial charge in [-0.1, -0.05) is 218 Å². The Morgan fingerprint density at radius 1 is 0.255 bits per heavy atom. The molecule has 0 amide bonds. The molecule has 0 atom stereocenters. The van der Waals surface area contributed by atoms with Gasteiger partial charge in [0.25, 0.3) is 0 Å². The minimum absolute atomic E-state index is 0. The van der Waals surface area contributed by atoms with Crippen molar-refractivity contribution in [1.82, 2.24) is 0 Å². The Bertz CT molecular complexity index is 1420. The van der Waals surface area contributed by atoms with Crippen LogP contribution in [0.2, 0.25) is 0 Å². The monoisotopic (exact) mass is 846 g/mol. The van der Waals surface area contributed by atoms with Gasteiger partial charge in [-0.15, -0.1) is 0 Å². The predicted octanol–water partition coefficient (Wildman–Crippen LogP) is 10.9. The molecule has 0 heterocycles. The van der Waals surface area contributed by atoms with Crippen LogP contribution in [-0.2, 0) is 19.5 Å². The Kier molecular flexibility index (Phi) is 28.0. The summed E-state index contributed by atoms with van der Waals surface area (Å²) in [6.45, 7) is 0. The van der Waals surface area contributed by atoms with E-state index in [1.54, 1.807) is 0 Å². The molecule has 0 nitrogen and oxygen atoms in total. The third-order valence-electron chi connectivity index (χ3n) is 6.75. The first-order valence-electron chi connectivity index (χ1n) is 15.2. The van der Waals surface area contributed by atoms with Gasteiger partial charge in [-0.05, 0) is 47.7 Å². The van der Waals surface area contributed by atoms with Gasteiger partial charge in [0.1, 0.15) is 0 Å². The Morgan fingerprint density at radius 2 is 0.353 bits per heavy atom. The van der Waals surface area contributed by atoms with Gasteiger partial charge in [0.2, 0.25) is 0 Å². The number of rotatable bonds is 6. The molecule has 7 aromatic carbocycles. The molecule has 51 heavy (non-hydrogen) atoms. The number of halogens is 2. The topological polar surface area (TPSA) is 0 Å². The van der Waals surface area contributed by atoms with Gasteiger partial charge < -0.3 is 22.3 Å². The van der Waals surface area contributed by atoms with Crippen molar-refractivity contribution in [2.24, 2.45) is 0 Å². The fourth-order valence-electron chi connectivity index (χ4n) is 4.74. The Balaban J connectivity index is 0.000000744. The number of hydrogen-bond donors (Lipinski definition) is 0. The molecule has 260 valence electrons. The van der Waals surface area contributed by atoms with Crippen molar-refractivity contribution < 1.29 is 19.5 Å². The van der Waals surface area contributed by atoms with Crippen molar-refractivity contribution in [2.45, 2.75) is 0 Å². The molecule has 0 radical (unpaired) electrons. The minimum Gasteiger partial charge on any atom is -0.0623 e. The molecule has 6 heteroatoms. The third-order valence-corrected chi connectivity index (χ3v) is 11.6. The van der Waals surface area contributed by atoms with Gasteiger partial charge >= 0.3 is 53.0 Å². The zero-order valence-electron chi connectivity index (χ0n) is 29.4. The maximum Gasteiger partial charge on any atom is 2.00 e. The van der Waals surface area contributed by atoms with Gasteiger partial charge in [-0.25, -0.2) is 0 Å².